The van der Waals surface area contributed by atoms with Crippen molar-refractivity contribution in [3.05, 3.63) is 29.3 Å². The minimum Gasteiger partial charge on any atom is -0.478 e. The highest BCUT2D eigenvalue weighted by molar-refractivity contribution is 7.88. The molecule has 0 spiro atoms. The van der Waals surface area contributed by atoms with Crippen LogP contribution in [0.2, 0.25) is 0 Å². The van der Waals surface area contributed by atoms with Gasteiger partial charge in [0, 0.05) is 0 Å². The van der Waals surface area contributed by atoms with Crippen LogP contribution in [0.3, 0.4) is 0 Å². The third-order valence-electron chi connectivity index (χ3n) is 1.95. The maximum atomic E-state index is 12.2. The Labute approximate surface area is 109 Å². The van der Waals surface area contributed by atoms with E-state index in [0.29, 0.717) is 12.1 Å². The van der Waals surface area contributed by atoms with Crippen LogP contribution >= 0.6 is 0 Å². The van der Waals surface area contributed by atoms with Gasteiger partial charge in [0.2, 0.25) is 0 Å². The van der Waals surface area contributed by atoms with Crippen molar-refractivity contribution >= 4 is 22.1 Å². The number of carbonyl (C=O) groups is 2. The third kappa shape index (κ3) is 2.99. The quantitative estimate of drug-likeness (QED) is 0.635. The van der Waals surface area contributed by atoms with Crippen molar-refractivity contribution < 1.29 is 45.6 Å². The molecule has 11 heteroatoms. The number of carboxylic acids is 2. The number of carboxylic acid groups (broad SMARTS) is 2. The zero-order valence-corrected chi connectivity index (χ0v) is 10.0. The van der Waals surface area contributed by atoms with Gasteiger partial charge in [0.05, 0.1) is 0 Å². The molecule has 20 heavy (non-hydrogen) atoms. The Morgan fingerprint density at radius 1 is 1.05 bits per heavy atom. The maximum Gasteiger partial charge on any atom is 0.534 e. The summed E-state index contributed by atoms with van der Waals surface area (Å²) < 4.78 is 61.8. The molecule has 1 aromatic carbocycles. The summed E-state index contributed by atoms with van der Waals surface area (Å²) in [5, 5.41) is 17.4. The number of aromatic carboxylic acids is 2. The van der Waals surface area contributed by atoms with Crippen LogP contribution < -0.4 is 4.18 Å². The molecular formula is C9H5F3O7S. The normalized spacial score (nSPS) is 11.9. The van der Waals surface area contributed by atoms with E-state index < -0.39 is 44.4 Å². The van der Waals surface area contributed by atoms with E-state index in [4.69, 9.17) is 10.2 Å². The number of hydrogen-bond donors (Lipinski definition) is 2. The van der Waals surface area contributed by atoms with Crippen LogP contribution in [0.1, 0.15) is 20.7 Å². The highest BCUT2D eigenvalue weighted by Gasteiger charge is 2.49. The lowest BCUT2D eigenvalue weighted by Crippen LogP contribution is -2.29. The van der Waals surface area contributed by atoms with E-state index in [1.165, 1.54) is 0 Å². The van der Waals surface area contributed by atoms with Crippen LogP contribution in [-0.4, -0.2) is 36.1 Å². The summed E-state index contributed by atoms with van der Waals surface area (Å²) in [6, 6.07) is 2.33. The van der Waals surface area contributed by atoms with Gasteiger partial charge in [-0.2, -0.15) is 21.6 Å². The van der Waals surface area contributed by atoms with E-state index in [-0.39, 0.29) is 0 Å². The van der Waals surface area contributed by atoms with E-state index >= 15 is 0 Å². The first kappa shape index (κ1) is 15.8. The van der Waals surface area contributed by atoms with Gasteiger partial charge in [-0.3, -0.25) is 0 Å². The van der Waals surface area contributed by atoms with Gasteiger partial charge >= 0.3 is 27.6 Å². The van der Waals surface area contributed by atoms with Crippen LogP contribution in [0.15, 0.2) is 18.2 Å². The lowest BCUT2D eigenvalue weighted by molar-refractivity contribution is -0.0501. The Bertz CT molecular complexity index is 630. The molecule has 0 bridgehead atoms. The van der Waals surface area contributed by atoms with E-state index in [1.807, 2.05) is 0 Å². The van der Waals surface area contributed by atoms with Gasteiger partial charge in [-0.05, 0) is 12.1 Å². The Morgan fingerprint density at radius 3 is 1.75 bits per heavy atom. The second-order valence-electron chi connectivity index (χ2n) is 3.28. The molecule has 0 amide bonds. The molecular weight excluding hydrogens is 309 g/mol. The van der Waals surface area contributed by atoms with Crippen molar-refractivity contribution in [2.75, 3.05) is 0 Å². The van der Waals surface area contributed by atoms with Crippen molar-refractivity contribution in [1.82, 2.24) is 0 Å². The minimum atomic E-state index is -6.19. The van der Waals surface area contributed by atoms with E-state index in [2.05, 4.69) is 4.18 Å². The van der Waals surface area contributed by atoms with E-state index in [9.17, 15) is 31.2 Å². The Balaban J connectivity index is 3.51. The fourth-order valence-corrected chi connectivity index (χ4v) is 1.61. The molecule has 0 aromatic heterocycles. The Kier molecular flexibility index (Phi) is 3.94. The van der Waals surface area contributed by atoms with Crippen molar-refractivity contribution in [2.24, 2.45) is 0 Å². The maximum absolute atomic E-state index is 12.2. The van der Waals surface area contributed by atoms with Gasteiger partial charge in [-0.1, -0.05) is 6.07 Å². The number of halogens is 3. The monoisotopic (exact) mass is 314 g/mol. The molecule has 0 aliphatic rings. The van der Waals surface area contributed by atoms with Crippen LogP contribution in [-0.2, 0) is 10.1 Å². The fourth-order valence-electron chi connectivity index (χ4n) is 1.12. The zero-order valence-electron chi connectivity index (χ0n) is 9.21. The summed E-state index contributed by atoms with van der Waals surface area (Å²) >= 11 is 0. The summed E-state index contributed by atoms with van der Waals surface area (Å²) in [6.45, 7) is 0. The van der Waals surface area contributed by atoms with Crippen LogP contribution in [0.25, 0.3) is 0 Å². The molecule has 0 radical (unpaired) electrons. The Hall–Kier alpha value is -2.30. The third-order valence-corrected chi connectivity index (χ3v) is 2.91. The summed E-state index contributed by atoms with van der Waals surface area (Å²) in [6.07, 6.45) is 0. The number of benzene rings is 1. The lowest BCUT2D eigenvalue weighted by atomic mass is 10.1. The van der Waals surface area contributed by atoms with Gasteiger partial charge in [0.15, 0.2) is 5.75 Å². The zero-order chi connectivity index (χ0) is 15.7. The molecule has 7 nitrogen and oxygen atoms in total. The fraction of sp³-hybridized carbons (Fsp3) is 0.111. The van der Waals surface area contributed by atoms with Crippen molar-refractivity contribution in [3.63, 3.8) is 0 Å². The Morgan fingerprint density at radius 2 is 1.45 bits per heavy atom. The van der Waals surface area contributed by atoms with Crippen molar-refractivity contribution in [2.45, 2.75) is 5.51 Å². The predicted molar refractivity (Wildman–Crippen MR) is 56.0 cm³/mol. The van der Waals surface area contributed by atoms with Crippen LogP contribution in [0.5, 0.6) is 5.75 Å². The highest BCUT2D eigenvalue weighted by Crippen LogP contribution is 2.31. The smallest absolute Gasteiger partial charge is 0.478 e. The van der Waals surface area contributed by atoms with Crippen molar-refractivity contribution in [1.29, 1.82) is 0 Å². The standard InChI is InChI=1S/C9H5F3O7S/c10-9(11,12)20(17,18)19-6-4(7(13)14)2-1-3-5(6)8(15)16/h1-3H,(H,13,14)(H,15,16). The lowest BCUT2D eigenvalue weighted by Gasteiger charge is -2.13. The van der Waals surface area contributed by atoms with Gasteiger partial charge in [0.25, 0.3) is 0 Å². The molecule has 0 aliphatic carbocycles. The first-order valence-corrected chi connectivity index (χ1v) is 5.98. The van der Waals surface area contributed by atoms with E-state index in [0.717, 1.165) is 6.07 Å². The molecule has 0 fully saturated rings. The molecule has 2 N–H and O–H groups in total. The first-order valence-electron chi connectivity index (χ1n) is 4.57. The summed E-state index contributed by atoms with van der Waals surface area (Å²) in [5.74, 6) is -5.11. The molecule has 0 saturated heterocycles. The summed E-state index contributed by atoms with van der Waals surface area (Å²) in [5.41, 5.74) is -7.88. The molecule has 1 rings (SSSR count). The second-order valence-corrected chi connectivity index (χ2v) is 4.81. The van der Waals surface area contributed by atoms with Gasteiger partial charge in [-0.25, -0.2) is 9.59 Å². The van der Waals surface area contributed by atoms with Gasteiger partial charge < -0.3 is 14.4 Å². The first-order chi connectivity index (χ1) is 8.97. The summed E-state index contributed by atoms with van der Waals surface area (Å²) in [7, 11) is -6.19. The molecule has 0 aliphatic heterocycles. The molecule has 0 atom stereocenters. The number of rotatable bonds is 4. The predicted octanol–water partition coefficient (Wildman–Crippen LogP) is 1.31. The van der Waals surface area contributed by atoms with Crippen LogP contribution in [0.4, 0.5) is 13.2 Å². The molecule has 0 unspecified atom stereocenters. The topological polar surface area (TPSA) is 118 Å². The molecule has 0 saturated carbocycles. The number of para-hydroxylation sites is 1. The van der Waals surface area contributed by atoms with Crippen LogP contribution in [0, 0.1) is 0 Å². The largest absolute Gasteiger partial charge is 0.534 e. The number of hydrogen-bond acceptors (Lipinski definition) is 5. The SMILES string of the molecule is O=C(O)c1cccc(C(=O)O)c1OS(=O)(=O)C(F)(F)F. The average molecular weight is 314 g/mol. The second kappa shape index (κ2) is 5.00. The van der Waals surface area contributed by atoms with Gasteiger partial charge in [-0.15, -0.1) is 0 Å². The van der Waals surface area contributed by atoms with Gasteiger partial charge in [0.1, 0.15) is 11.1 Å². The van der Waals surface area contributed by atoms with Crippen molar-refractivity contribution in [3.8, 4) is 5.75 Å². The summed E-state index contributed by atoms with van der Waals surface area (Å²) in [4.78, 5) is 21.6. The molecule has 110 valence electrons. The van der Waals surface area contributed by atoms with E-state index in [1.54, 1.807) is 0 Å². The molecule has 1 aromatic rings. The molecule has 0 heterocycles. The highest BCUT2D eigenvalue weighted by atomic mass is 32.2. The minimum absolute atomic E-state index is 0.704. The average Bonchev–Trinajstić information content (AvgIpc) is 2.26. The number of alkyl halides is 3.